The summed E-state index contributed by atoms with van der Waals surface area (Å²) in [7, 11) is 0. The number of pyridine rings is 1. The number of rotatable bonds is 2. The van der Waals surface area contributed by atoms with E-state index in [4.69, 9.17) is 11.0 Å². The summed E-state index contributed by atoms with van der Waals surface area (Å²) in [4.78, 5) is 8.39. The van der Waals surface area contributed by atoms with Crippen LogP contribution in [0, 0.1) is 11.3 Å². The molecule has 6 nitrogen and oxygen atoms in total. The van der Waals surface area contributed by atoms with E-state index < -0.39 is 0 Å². The Balaban J connectivity index is 2.00. The first kappa shape index (κ1) is 11.9. The lowest BCUT2D eigenvalue weighted by atomic mass is 10.2. The predicted molar refractivity (Wildman–Crippen MR) is 73.7 cm³/mol. The molecule has 20 heavy (non-hydrogen) atoms. The molecule has 0 spiro atoms. The molecule has 0 aliphatic rings. The molecule has 2 N–H and O–H groups in total. The average molecular weight is 262 g/mol. The van der Waals surface area contributed by atoms with Crippen LogP contribution in [0.5, 0.6) is 0 Å². The number of hydrogen-bond acceptors (Lipinski definition) is 5. The van der Waals surface area contributed by atoms with E-state index in [1.165, 1.54) is 4.68 Å². The average Bonchev–Trinajstić information content (AvgIpc) is 2.97. The van der Waals surface area contributed by atoms with Gasteiger partial charge in [0.2, 0.25) is 0 Å². The fraction of sp³-hybridized carbons (Fsp3) is 0. The van der Waals surface area contributed by atoms with E-state index >= 15 is 0 Å². The summed E-state index contributed by atoms with van der Waals surface area (Å²) in [5.41, 5.74) is 7.57. The summed E-state index contributed by atoms with van der Waals surface area (Å²) >= 11 is 0. The third kappa shape index (κ3) is 2.20. The summed E-state index contributed by atoms with van der Waals surface area (Å²) < 4.78 is 1.53. The molecule has 0 radical (unpaired) electrons. The zero-order valence-electron chi connectivity index (χ0n) is 10.4. The summed E-state index contributed by atoms with van der Waals surface area (Å²) in [5, 5.41) is 13.2. The van der Waals surface area contributed by atoms with Crippen molar-refractivity contribution in [3.8, 4) is 23.3 Å². The molecule has 0 amide bonds. The van der Waals surface area contributed by atoms with Crippen molar-refractivity contribution in [1.82, 2.24) is 19.7 Å². The zero-order chi connectivity index (χ0) is 13.9. The van der Waals surface area contributed by atoms with E-state index in [9.17, 15) is 0 Å². The Morgan fingerprint density at radius 1 is 1.15 bits per heavy atom. The first-order valence-corrected chi connectivity index (χ1v) is 5.91. The van der Waals surface area contributed by atoms with Crippen LogP contribution in [0.25, 0.3) is 17.2 Å². The number of nitriles is 1. The second-order valence-corrected chi connectivity index (χ2v) is 4.13. The number of nitrogen functional groups attached to an aromatic ring is 1. The van der Waals surface area contributed by atoms with Crippen LogP contribution < -0.4 is 5.73 Å². The van der Waals surface area contributed by atoms with Crippen LogP contribution in [0.1, 0.15) is 5.69 Å². The third-order valence-corrected chi connectivity index (χ3v) is 2.72. The second-order valence-electron chi connectivity index (χ2n) is 4.13. The van der Waals surface area contributed by atoms with Gasteiger partial charge in [-0.25, -0.2) is 14.6 Å². The fourth-order valence-corrected chi connectivity index (χ4v) is 1.80. The minimum atomic E-state index is 0.337. The van der Waals surface area contributed by atoms with Gasteiger partial charge in [-0.05, 0) is 24.3 Å². The molecule has 0 atom stereocenters. The molecule has 2 aromatic heterocycles. The second kappa shape index (κ2) is 4.82. The predicted octanol–water partition coefficient (Wildman–Crippen LogP) is 1.78. The van der Waals surface area contributed by atoms with Crippen LogP contribution in [0.3, 0.4) is 0 Å². The van der Waals surface area contributed by atoms with Crippen LogP contribution in [0.2, 0.25) is 0 Å². The van der Waals surface area contributed by atoms with Crippen LogP contribution in [-0.4, -0.2) is 19.7 Å². The molecular weight excluding hydrogens is 252 g/mol. The summed E-state index contributed by atoms with van der Waals surface area (Å²) in [6, 6.07) is 14.5. The normalized spacial score (nSPS) is 10.2. The largest absolute Gasteiger partial charge is 0.399 e. The number of nitrogens with zero attached hydrogens (tertiary/aromatic N) is 5. The van der Waals surface area contributed by atoms with Gasteiger partial charge in [0.1, 0.15) is 18.1 Å². The summed E-state index contributed by atoms with van der Waals surface area (Å²) in [6.45, 7) is 0. The minimum Gasteiger partial charge on any atom is -0.399 e. The molecule has 0 unspecified atom stereocenters. The molecule has 3 rings (SSSR count). The Kier molecular flexibility index (Phi) is 2.86. The van der Waals surface area contributed by atoms with Crippen molar-refractivity contribution >= 4 is 5.69 Å². The molecule has 0 aliphatic heterocycles. The molecule has 2 heterocycles. The maximum atomic E-state index is 8.85. The van der Waals surface area contributed by atoms with Gasteiger partial charge in [0.05, 0.1) is 0 Å². The van der Waals surface area contributed by atoms with E-state index in [1.807, 2.05) is 18.2 Å². The molecule has 6 heteroatoms. The van der Waals surface area contributed by atoms with E-state index in [0.717, 1.165) is 5.56 Å². The lowest BCUT2D eigenvalue weighted by Gasteiger charge is -1.99. The maximum absolute atomic E-state index is 8.85. The van der Waals surface area contributed by atoms with Gasteiger partial charge in [-0.3, -0.25) is 0 Å². The van der Waals surface area contributed by atoms with Gasteiger partial charge in [0.15, 0.2) is 11.6 Å². The Bertz CT molecular complexity index is 799. The standard InChI is InChI=1S/C14H10N6/c15-8-12-5-2-6-13(18-12)20-9-17-14(19-20)10-3-1-4-11(16)7-10/h1-7,9H,16H2. The van der Waals surface area contributed by atoms with Gasteiger partial charge in [-0.15, -0.1) is 5.10 Å². The number of hydrogen-bond donors (Lipinski definition) is 1. The fourth-order valence-electron chi connectivity index (χ4n) is 1.80. The molecule has 3 aromatic rings. The van der Waals surface area contributed by atoms with Crippen molar-refractivity contribution < 1.29 is 0 Å². The van der Waals surface area contributed by atoms with Crippen molar-refractivity contribution in [2.24, 2.45) is 0 Å². The quantitative estimate of drug-likeness (QED) is 0.710. The smallest absolute Gasteiger partial charge is 0.181 e. The first-order chi connectivity index (χ1) is 9.76. The molecule has 0 saturated carbocycles. The minimum absolute atomic E-state index is 0.337. The van der Waals surface area contributed by atoms with Crippen LogP contribution >= 0.6 is 0 Å². The number of anilines is 1. The maximum Gasteiger partial charge on any atom is 0.181 e. The molecule has 1 aromatic carbocycles. The van der Waals surface area contributed by atoms with Crippen molar-refractivity contribution in [2.75, 3.05) is 5.73 Å². The Morgan fingerprint density at radius 2 is 2.00 bits per heavy atom. The van der Waals surface area contributed by atoms with E-state index in [1.54, 1.807) is 36.7 Å². The molecule has 0 saturated heterocycles. The van der Waals surface area contributed by atoms with Crippen LogP contribution in [0.15, 0.2) is 48.8 Å². The van der Waals surface area contributed by atoms with Gasteiger partial charge in [0, 0.05) is 11.3 Å². The van der Waals surface area contributed by atoms with Crippen LogP contribution in [-0.2, 0) is 0 Å². The summed E-state index contributed by atoms with van der Waals surface area (Å²) in [6.07, 6.45) is 1.56. The van der Waals surface area contributed by atoms with Gasteiger partial charge < -0.3 is 5.73 Å². The van der Waals surface area contributed by atoms with Crippen molar-refractivity contribution in [1.29, 1.82) is 5.26 Å². The van der Waals surface area contributed by atoms with Gasteiger partial charge in [-0.1, -0.05) is 18.2 Å². The van der Waals surface area contributed by atoms with Gasteiger partial charge in [-0.2, -0.15) is 5.26 Å². The highest BCUT2D eigenvalue weighted by Crippen LogP contribution is 2.17. The SMILES string of the molecule is N#Cc1cccc(-n2cnc(-c3cccc(N)c3)n2)n1. The lowest BCUT2D eigenvalue weighted by Crippen LogP contribution is -1.99. The molecular formula is C14H10N6. The van der Waals surface area contributed by atoms with E-state index in [-0.39, 0.29) is 0 Å². The molecule has 96 valence electrons. The zero-order valence-corrected chi connectivity index (χ0v) is 10.4. The van der Waals surface area contributed by atoms with Gasteiger partial charge in [0.25, 0.3) is 0 Å². The molecule has 0 bridgehead atoms. The monoisotopic (exact) mass is 262 g/mol. The lowest BCUT2D eigenvalue weighted by molar-refractivity contribution is 0.845. The highest BCUT2D eigenvalue weighted by atomic mass is 15.4. The van der Waals surface area contributed by atoms with E-state index in [0.29, 0.717) is 23.0 Å². The van der Waals surface area contributed by atoms with Gasteiger partial charge >= 0.3 is 0 Å². The van der Waals surface area contributed by atoms with Crippen molar-refractivity contribution in [2.45, 2.75) is 0 Å². The topological polar surface area (TPSA) is 93.4 Å². The highest BCUT2D eigenvalue weighted by molar-refractivity contribution is 5.60. The Hall–Kier alpha value is -3.20. The third-order valence-electron chi connectivity index (χ3n) is 2.72. The number of benzene rings is 1. The van der Waals surface area contributed by atoms with Crippen molar-refractivity contribution in [3.05, 3.63) is 54.5 Å². The number of nitrogens with two attached hydrogens (primary N) is 1. The highest BCUT2D eigenvalue weighted by Gasteiger charge is 2.07. The van der Waals surface area contributed by atoms with Crippen molar-refractivity contribution in [3.63, 3.8) is 0 Å². The Morgan fingerprint density at radius 3 is 2.80 bits per heavy atom. The molecule has 0 fully saturated rings. The van der Waals surface area contributed by atoms with E-state index in [2.05, 4.69) is 15.1 Å². The molecule has 0 aliphatic carbocycles. The number of aromatic nitrogens is 4. The Labute approximate surface area is 115 Å². The first-order valence-electron chi connectivity index (χ1n) is 5.91. The van der Waals surface area contributed by atoms with Crippen LogP contribution in [0.4, 0.5) is 5.69 Å². The summed E-state index contributed by atoms with van der Waals surface area (Å²) in [5.74, 6) is 1.10.